The van der Waals surface area contributed by atoms with Crippen LogP contribution in [0.15, 0.2) is 18.7 Å². The predicted octanol–water partition coefficient (Wildman–Crippen LogP) is 1.67. The van der Waals surface area contributed by atoms with E-state index in [9.17, 15) is 0 Å². The van der Waals surface area contributed by atoms with Gasteiger partial charge in [0.05, 0.1) is 6.33 Å². The first-order valence-corrected chi connectivity index (χ1v) is 3.11. The van der Waals surface area contributed by atoms with Gasteiger partial charge in [-0.1, -0.05) is 6.92 Å². The standard InChI is InChI=1S/C7H11N2/c1-3-7(2)9-5-4-8-6-9/h3-7H,1-2H3. The van der Waals surface area contributed by atoms with Crippen molar-refractivity contribution in [3.63, 3.8) is 0 Å². The first kappa shape index (κ1) is 6.33. The van der Waals surface area contributed by atoms with Gasteiger partial charge in [0.1, 0.15) is 0 Å². The lowest BCUT2D eigenvalue weighted by molar-refractivity contribution is 0.619. The highest BCUT2D eigenvalue weighted by atomic mass is 15.0. The number of rotatable bonds is 2. The minimum Gasteiger partial charge on any atom is -0.334 e. The van der Waals surface area contributed by atoms with Crippen LogP contribution in [0.2, 0.25) is 0 Å². The Labute approximate surface area is 55.5 Å². The van der Waals surface area contributed by atoms with Crippen molar-refractivity contribution in [2.24, 2.45) is 0 Å². The van der Waals surface area contributed by atoms with E-state index in [1.165, 1.54) is 0 Å². The molecule has 0 bridgehead atoms. The van der Waals surface area contributed by atoms with Crippen LogP contribution in [0.1, 0.15) is 19.9 Å². The Morgan fingerprint density at radius 2 is 2.44 bits per heavy atom. The van der Waals surface area contributed by atoms with Gasteiger partial charge in [-0.15, -0.1) is 0 Å². The van der Waals surface area contributed by atoms with Crippen LogP contribution in [0.3, 0.4) is 0 Å². The van der Waals surface area contributed by atoms with Gasteiger partial charge in [-0.25, -0.2) is 4.98 Å². The fourth-order valence-corrected chi connectivity index (χ4v) is 0.682. The average Bonchev–Trinajstić information content (AvgIpc) is 2.37. The lowest BCUT2D eigenvalue weighted by Crippen LogP contribution is -2.00. The quantitative estimate of drug-likeness (QED) is 0.585. The molecule has 1 rings (SSSR count). The van der Waals surface area contributed by atoms with E-state index >= 15 is 0 Å². The largest absolute Gasteiger partial charge is 0.334 e. The van der Waals surface area contributed by atoms with Crippen LogP contribution in [0.25, 0.3) is 0 Å². The maximum Gasteiger partial charge on any atom is 0.0948 e. The summed E-state index contributed by atoms with van der Waals surface area (Å²) >= 11 is 0. The van der Waals surface area contributed by atoms with Gasteiger partial charge in [-0.2, -0.15) is 0 Å². The second-order valence-corrected chi connectivity index (χ2v) is 2.08. The molecule has 1 atom stereocenters. The van der Waals surface area contributed by atoms with Gasteiger partial charge in [-0.05, 0) is 13.3 Å². The topological polar surface area (TPSA) is 17.8 Å². The fourth-order valence-electron chi connectivity index (χ4n) is 0.682. The second-order valence-electron chi connectivity index (χ2n) is 2.08. The molecule has 0 aliphatic heterocycles. The van der Waals surface area contributed by atoms with E-state index in [2.05, 4.69) is 22.9 Å². The number of aromatic nitrogens is 2. The zero-order valence-corrected chi connectivity index (χ0v) is 5.78. The van der Waals surface area contributed by atoms with Crippen molar-refractivity contribution in [3.05, 3.63) is 25.1 Å². The Bertz CT molecular complexity index is 155. The first-order valence-electron chi connectivity index (χ1n) is 3.11. The van der Waals surface area contributed by atoms with E-state index in [0.717, 1.165) is 0 Å². The summed E-state index contributed by atoms with van der Waals surface area (Å²) in [5, 5.41) is 0. The number of imidazole rings is 1. The highest BCUT2D eigenvalue weighted by Crippen LogP contribution is 2.05. The average molecular weight is 123 g/mol. The van der Waals surface area contributed by atoms with Gasteiger partial charge >= 0.3 is 0 Å². The smallest absolute Gasteiger partial charge is 0.0948 e. The fraction of sp³-hybridized carbons (Fsp3) is 0.429. The molecule has 49 valence electrons. The Balaban J connectivity index is 2.65. The van der Waals surface area contributed by atoms with Crippen molar-refractivity contribution in [1.82, 2.24) is 9.55 Å². The molecule has 1 heterocycles. The summed E-state index contributed by atoms with van der Waals surface area (Å²) in [7, 11) is 0. The summed E-state index contributed by atoms with van der Waals surface area (Å²) in [6, 6.07) is 0.465. The third-order valence-corrected chi connectivity index (χ3v) is 1.48. The van der Waals surface area contributed by atoms with Gasteiger partial charge in [0.15, 0.2) is 0 Å². The highest BCUT2D eigenvalue weighted by molar-refractivity contribution is 4.83. The molecule has 0 spiro atoms. The molecule has 9 heavy (non-hydrogen) atoms. The zero-order chi connectivity index (χ0) is 6.69. The molecule has 0 saturated carbocycles. The molecule has 2 nitrogen and oxygen atoms in total. The van der Waals surface area contributed by atoms with E-state index in [-0.39, 0.29) is 0 Å². The van der Waals surface area contributed by atoms with Crippen molar-refractivity contribution >= 4 is 0 Å². The highest BCUT2D eigenvalue weighted by Gasteiger charge is 1.97. The first-order chi connectivity index (χ1) is 4.34. The molecule has 2 heteroatoms. The predicted molar refractivity (Wildman–Crippen MR) is 36.9 cm³/mol. The molecule has 1 aromatic rings. The lowest BCUT2D eigenvalue weighted by Gasteiger charge is -2.07. The molecule has 0 fully saturated rings. The molecule has 0 aromatic carbocycles. The van der Waals surface area contributed by atoms with Crippen LogP contribution >= 0.6 is 0 Å². The summed E-state index contributed by atoms with van der Waals surface area (Å²) in [6.07, 6.45) is 7.71. The van der Waals surface area contributed by atoms with E-state index in [4.69, 9.17) is 0 Å². The second kappa shape index (κ2) is 2.67. The van der Waals surface area contributed by atoms with Crippen LogP contribution in [0.4, 0.5) is 0 Å². The Morgan fingerprint density at radius 1 is 1.67 bits per heavy atom. The van der Waals surface area contributed by atoms with Crippen molar-refractivity contribution in [2.75, 3.05) is 0 Å². The maximum atomic E-state index is 3.93. The molecule has 0 saturated heterocycles. The summed E-state index contributed by atoms with van der Waals surface area (Å²) in [6.45, 7) is 4.17. The number of hydrogen-bond donors (Lipinski definition) is 0. The third-order valence-electron chi connectivity index (χ3n) is 1.48. The number of nitrogens with zero attached hydrogens (tertiary/aromatic N) is 2. The van der Waals surface area contributed by atoms with E-state index in [1.54, 1.807) is 6.20 Å². The minimum absolute atomic E-state index is 0.465. The van der Waals surface area contributed by atoms with Crippen molar-refractivity contribution in [3.8, 4) is 0 Å². The summed E-state index contributed by atoms with van der Waals surface area (Å²) in [5.41, 5.74) is 0. The molecule has 1 unspecified atom stereocenters. The minimum atomic E-state index is 0.465. The van der Waals surface area contributed by atoms with E-state index < -0.39 is 0 Å². The van der Waals surface area contributed by atoms with E-state index in [1.807, 2.05) is 19.4 Å². The van der Waals surface area contributed by atoms with Gasteiger partial charge in [0.2, 0.25) is 0 Å². The molecule has 0 aliphatic carbocycles. The van der Waals surface area contributed by atoms with Crippen LogP contribution in [0, 0.1) is 6.42 Å². The van der Waals surface area contributed by atoms with Crippen molar-refractivity contribution in [1.29, 1.82) is 0 Å². The molecule has 1 radical (unpaired) electrons. The summed E-state index contributed by atoms with van der Waals surface area (Å²) in [4.78, 5) is 3.93. The van der Waals surface area contributed by atoms with Crippen LogP contribution in [0.5, 0.6) is 0 Å². The summed E-state index contributed by atoms with van der Waals surface area (Å²) < 4.78 is 2.06. The van der Waals surface area contributed by atoms with Crippen LogP contribution in [-0.2, 0) is 0 Å². The Hall–Kier alpha value is -0.790. The SMILES string of the molecule is C[CH]C(C)n1ccnc1. The molecule has 0 amide bonds. The van der Waals surface area contributed by atoms with Crippen molar-refractivity contribution < 1.29 is 0 Å². The van der Waals surface area contributed by atoms with Gasteiger partial charge < -0.3 is 4.57 Å². The zero-order valence-electron chi connectivity index (χ0n) is 5.78. The normalized spacial score (nSPS) is 13.6. The van der Waals surface area contributed by atoms with Crippen molar-refractivity contribution in [2.45, 2.75) is 19.9 Å². The van der Waals surface area contributed by atoms with E-state index in [0.29, 0.717) is 6.04 Å². The van der Waals surface area contributed by atoms with Gasteiger partial charge in [0, 0.05) is 18.4 Å². The third kappa shape index (κ3) is 1.31. The molecule has 0 N–H and O–H groups in total. The monoisotopic (exact) mass is 123 g/mol. The number of hydrogen-bond acceptors (Lipinski definition) is 1. The molecular weight excluding hydrogens is 112 g/mol. The molecular formula is C7H11N2. The molecule has 1 aromatic heterocycles. The Kier molecular flexibility index (Phi) is 1.88. The lowest BCUT2D eigenvalue weighted by atomic mass is 10.3. The maximum absolute atomic E-state index is 3.93. The molecule has 0 aliphatic rings. The van der Waals surface area contributed by atoms with Crippen LogP contribution < -0.4 is 0 Å². The van der Waals surface area contributed by atoms with Gasteiger partial charge in [0.25, 0.3) is 0 Å². The Morgan fingerprint density at radius 3 is 2.89 bits per heavy atom. The summed E-state index contributed by atoms with van der Waals surface area (Å²) in [5.74, 6) is 0. The van der Waals surface area contributed by atoms with Gasteiger partial charge in [-0.3, -0.25) is 0 Å². The van der Waals surface area contributed by atoms with Crippen LogP contribution in [-0.4, -0.2) is 9.55 Å².